The van der Waals surface area contributed by atoms with E-state index in [9.17, 15) is 4.79 Å². The summed E-state index contributed by atoms with van der Waals surface area (Å²) < 4.78 is 1.73. The molecule has 0 unspecified atom stereocenters. The van der Waals surface area contributed by atoms with Gasteiger partial charge in [0.25, 0.3) is 5.78 Å². The molecule has 1 amide bonds. The highest BCUT2D eigenvalue weighted by molar-refractivity contribution is 6.30. The summed E-state index contributed by atoms with van der Waals surface area (Å²) in [5.74, 6) is 3.11. The molecule has 2 aliphatic carbocycles. The highest BCUT2D eigenvalue weighted by Gasteiger charge is 2.29. The van der Waals surface area contributed by atoms with Crippen LogP contribution >= 0.6 is 11.6 Å². The van der Waals surface area contributed by atoms with Crippen LogP contribution in [0.2, 0.25) is 5.02 Å². The lowest BCUT2D eigenvalue weighted by atomic mass is 10.2. The third kappa shape index (κ3) is 7.19. The summed E-state index contributed by atoms with van der Waals surface area (Å²) >= 11 is 5.54. The predicted octanol–water partition coefficient (Wildman–Crippen LogP) is 5.12. The fourth-order valence-electron chi connectivity index (χ4n) is 3.22. The summed E-state index contributed by atoms with van der Waals surface area (Å²) in [6.07, 6.45) is 9.68. The summed E-state index contributed by atoms with van der Waals surface area (Å²) in [4.78, 5) is 28.9. The van der Waals surface area contributed by atoms with E-state index in [0.717, 1.165) is 17.9 Å². The van der Waals surface area contributed by atoms with Gasteiger partial charge in [0.2, 0.25) is 5.91 Å². The van der Waals surface area contributed by atoms with E-state index in [2.05, 4.69) is 35.7 Å². The van der Waals surface area contributed by atoms with Crippen molar-refractivity contribution in [2.75, 3.05) is 10.6 Å². The van der Waals surface area contributed by atoms with E-state index in [1.807, 2.05) is 56.6 Å². The maximum absolute atomic E-state index is 11.8. The van der Waals surface area contributed by atoms with Gasteiger partial charge in [0.05, 0.1) is 6.54 Å². The Kier molecular flexibility index (Phi) is 8.20. The molecule has 0 spiro atoms. The van der Waals surface area contributed by atoms with Crippen LogP contribution in [0.1, 0.15) is 56.8 Å². The van der Waals surface area contributed by atoms with Gasteiger partial charge in [-0.15, -0.1) is 5.10 Å². The molecule has 3 heterocycles. The molecule has 1 aromatic carbocycles. The van der Waals surface area contributed by atoms with E-state index in [4.69, 9.17) is 11.6 Å². The summed E-state index contributed by atoms with van der Waals surface area (Å²) in [5.41, 5.74) is 1.22. The number of hydrogen-bond acceptors (Lipinski definition) is 7. The van der Waals surface area contributed by atoms with Crippen LogP contribution in [-0.4, -0.2) is 35.5 Å². The first-order chi connectivity index (χ1) is 17.1. The van der Waals surface area contributed by atoms with Crippen molar-refractivity contribution < 1.29 is 4.79 Å². The minimum Gasteiger partial charge on any atom is -0.363 e. The monoisotopic (exact) mass is 492 g/mol. The number of benzene rings is 1. The van der Waals surface area contributed by atoms with E-state index in [-0.39, 0.29) is 11.8 Å². The number of rotatable bonds is 6. The van der Waals surface area contributed by atoms with Crippen LogP contribution in [0, 0.1) is 5.92 Å². The Bertz CT molecular complexity index is 1250. The van der Waals surface area contributed by atoms with Crippen molar-refractivity contribution in [2.24, 2.45) is 5.92 Å². The summed E-state index contributed by atoms with van der Waals surface area (Å²) in [5, 5.41) is 11.2. The zero-order valence-corrected chi connectivity index (χ0v) is 20.6. The zero-order valence-electron chi connectivity index (χ0n) is 19.9. The first kappa shape index (κ1) is 24.5. The lowest BCUT2D eigenvalue weighted by Gasteiger charge is -2.06. The molecule has 0 radical (unpaired) electrons. The minimum absolute atomic E-state index is 0.0224. The minimum atomic E-state index is 0.0224. The van der Waals surface area contributed by atoms with Crippen LogP contribution in [0.4, 0.5) is 11.6 Å². The molecule has 0 aliphatic heterocycles. The third-order valence-electron chi connectivity index (χ3n) is 5.33. The Morgan fingerprint density at radius 3 is 2.46 bits per heavy atom. The van der Waals surface area contributed by atoms with Crippen molar-refractivity contribution in [3.63, 3.8) is 0 Å². The maximum atomic E-state index is 11.8. The lowest BCUT2D eigenvalue weighted by Crippen LogP contribution is -2.15. The number of hydrogen-bond donors (Lipinski definition) is 2. The number of amides is 1. The molecule has 2 N–H and O–H groups in total. The van der Waals surface area contributed by atoms with Gasteiger partial charge in [-0.25, -0.2) is 19.5 Å². The molecule has 2 aliphatic rings. The maximum Gasteiger partial charge on any atom is 0.252 e. The van der Waals surface area contributed by atoms with E-state index in [1.165, 1.54) is 24.7 Å². The second-order valence-corrected chi connectivity index (χ2v) is 8.57. The van der Waals surface area contributed by atoms with Gasteiger partial charge in [0, 0.05) is 29.4 Å². The molecule has 35 heavy (non-hydrogen) atoms. The predicted molar refractivity (Wildman–Crippen MR) is 136 cm³/mol. The number of carbonyl (C=O) groups is 1. The van der Waals surface area contributed by atoms with Crippen molar-refractivity contribution >= 4 is 34.9 Å². The Labute approximate surface area is 209 Å². The number of nitrogens with zero attached hydrogens (tertiary/aromatic N) is 6. The van der Waals surface area contributed by atoms with Crippen molar-refractivity contribution in [3.8, 4) is 0 Å². The summed E-state index contributed by atoms with van der Waals surface area (Å²) in [6, 6.07) is 11.2. The first-order valence-corrected chi connectivity index (χ1v) is 12.3. The number of halogens is 1. The van der Waals surface area contributed by atoms with Crippen molar-refractivity contribution in [1.29, 1.82) is 0 Å². The summed E-state index contributed by atoms with van der Waals surface area (Å²) in [7, 11) is 0. The van der Waals surface area contributed by atoms with E-state index in [1.54, 1.807) is 10.6 Å². The number of carbonyl (C=O) groups excluding carboxylic acids is 1. The second-order valence-electron chi connectivity index (χ2n) is 8.14. The molecule has 0 bridgehead atoms. The van der Waals surface area contributed by atoms with Gasteiger partial charge in [0.1, 0.15) is 18.0 Å². The van der Waals surface area contributed by atoms with Gasteiger partial charge in [-0.05, 0) is 49.3 Å². The number of nitrogens with one attached hydrogen (secondary N) is 2. The van der Waals surface area contributed by atoms with E-state index in [0.29, 0.717) is 35.7 Å². The molecule has 3 aromatic heterocycles. The van der Waals surface area contributed by atoms with Gasteiger partial charge in [-0.3, -0.25) is 4.79 Å². The van der Waals surface area contributed by atoms with Gasteiger partial charge >= 0.3 is 0 Å². The largest absolute Gasteiger partial charge is 0.363 e. The topological polar surface area (TPSA) is 110 Å². The zero-order chi connectivity index (χ0) is 24.6. The molecule has 0 atom stereocenters. The average Bonchev–Trinajstić information content (AvgIpc) is 3.81. The van der Waals surface area contributed by atoms with Gasteiger partial charge in [-0.2, -0.15) is 4.98 Å². The average molecular weight is 493 g/mol. The second kappa shape index (κ2) is 11.7. The molecule has 2 fully saturated rings. The fraction of sp³-hybridized carbons (Fsp3) is 0.360. The van der Waals surface area contributed by atoms with Gasteiger partial charge in [-0.1, -0.05) is 43.6 Å². The van der Waals surface area contributed by atoms with Crippen LogP contribution < -0.4 is 10.6 Å². The van der Waals surface area contributed by atoms with Crippen LogP contribution in [0.15, 0.2) is 55.1 Å². The third-order valence-corrected chi connectivity index (χ3v) is 5.59. The normalized spacial score (nSPS) is 14.3. The molecule has 0 saturated heterocycles. The van der Waals surface area contributed by atoms with Crippen molar-refractivity contribution in [3.05, 3.63) is 71.5 Å². The Morgan fingerprint density at radius 1 is 1.06 bits per heavy atom. The number of aromatic nitrogens is 6. The van der Waals surface area contributed by atoms with E-state index < -0.39 is 0 Å². The Morgan fingerprint density at radius 2 is 1.80 bits per heavy atom. The molecular formula is C25H29ClN8O. The van der Waals surface area contributed by atoms with E-state index >= 15 is 0 Å². The lowest BCUT2D eigenvalue weighted by molar-refractivity contribution is -0.117. The molecular weight excluding hydrogens is 464 g/mol. The molecule has 4 aromatic rings. The highest BCUT2D eigenvalue weighted by Crippen LogP contribution is 2.39. The van der Waals surface area contributed by atoms with Gasteiger partial charge in [0.15, 0.2) is 5.82 Å². The fourth-order valence-corrected chi connectivity index (χ4v) is 3.37. The van der Waals surface area contributed by atoms with Crippen LogP contribution in [0.5, 0.6) is 0 Å². The quantitative estimate of drug-likeness (QED) is 0.384. The Balaban J connectivity index is 0.000000275. The van der Waals surface area contributed by atoms with Crippen LogP contribution in [0.3, 0.4) is 0 Å². The Hall–Kier alpha value is -3.59. The SMILES string of the molecule is CC.Clc1ccccc1.O=C(Nc1cc(NCc2nc3ncc(C4CC4)cn3n2)ncn1)C1CC1. The summed E-state index contributed by atoms with van der Waals surface area (Å²) in [6.45, 7) is 4.41. The first-order valence-electron chi connectivity index (χ1n) is 11.9. The molecule has 9 nitrogen and oxygen atoms in total. The van der Waals surface area contributed by atoms with Crippen LogP contribution in [0.25, 0.3) is 5.78 Å². The van der Waals surface area contributed by atoms with Gasteiger partial charge < -0.3 is 10.6 Å². The molecule has 2 saturated carbocycles. The highest BCUT2D eigenvalue weighted by atomic mass is 35.5. The molecule has 10 heteroatoms. The van der Waals surface area contributed by atoms with Crippen LogP contribution in [-0.2, 0) is 11.3 Å². The number of fused-ring (bicyclic) bond motifs is 1. The van der Waals surface area contributed by atoms with Crippen molar-refractivity contribution in [1.82, 2.24) is 29.5 Å². The standard InChI is InChI=1S/C17H18N8O.C6H5Cl.C2H6/c26-16(11-3-4-11)22-14-5-13(20-9-21-14)18-7-15-23-17-19-6-12(10-1-2-10)8-25(17)24-15;7-6-4-2-1-3-5-6;1-2/h5-6,8-11H,1-4,7H2,(H2,18,20,21,22,26);1-5H;1-2H3. The smallest absolute Gasteiger partial charge is 0.252 e. The van der Waals surface area contributed by atoms with Crippen molar-refractivity contribution in [2.45, 2.75) is 52.0 Å². The number of anilines is 2. The molecule has 6 rings (SSSR count). The molecule has 182 valence electrons.